The van der Waals surface area contributed by atoms with Crippen LogP contribution in [0.15, 0.2) is 53.7 Å². The molecule has 0 atom stereocenters. The molecule has 0 aliphatic rings. The summed E-state index contributed by atoms with van der Waals surface area (Å²) in [6.45, 7) is 2.39. The minimum atomic E-state index is -0.0511. The van der Waals surface area contributed by atoms with Crippen LogP contribution >= 0.6 is 11.8 Å². The zero-order valence-corrected chi connectivity index (χ0v) is 17.1. The van der Waals surface area contributed by atoms with Crippen molar-refractivity contribution in [2.75, 3.05) is 19.4 Å². The average molecular weight is 407 g/mol. The lowest BCUT2D eigenvalue weighted by Crippen LogP contribution is -2.27. The zero-order chi connectivity index (χ0) is 20.2. The molecule has 4 aromatic rings. The van der Waals surface area contributed by atoms with Crippen LogP contribution in [0.4, 0.5) is 0 Å². The number of rotatable bonds is 7. The van der Waals surface area contributed by atoms with Gasteiger partial charge in [0, 0.05) is 11.9 Å². The van der Waals surface area contributed by atoms with Crippen LogP contribution in [-0.4, -0.2) is 44.9 Å². The standard InChI is InChI=1S/C21H21N5O2S/c1-14-23-20-16-8-4-5-9-17(16)24-21(26(20)25-14)29-13-19(27)22-12-11-15-7-3-6-10-18(15)28-2/h3-10H,11-13H2,1-2H3,(H,22,27). The summed E-state index contributed by atoms with van der Waals surface area (Å²) in [6.07, 6.45) is 0.709. The van der Waals surface area contributed by atoms with Crippen LogP contribution in [0.5, 0.6) is 5.75 Å². The molecule has 0 radical (unpaired) electrons. The molecular weight excluding hydrogens is 386 g/mol. The van der Waals surface area contributed by atoms with E-state index in [0.717, 1.165) is 27.9 Å². The highest BCUT2D eigenvalue weighted by Crippen LogP contribution is 2.23. The number of amides is 1. The van der Waals surface area contributed by atoms with Crippen LogP contribution < -0.4 is 10.1 Å². The van der Waals surface area contributed by atoms with E-state index in [0.29, 0.717) is 23.9 Å². The summed E-state index contributed by atoms with van der Waals surface area (Å²) in [5.74, 6) is 1.71. The number of nitrogens with one attached hydrogen (secondary N) is 1. The van der Waals surface area contributed by atoms with Crippen molar-refractivity contribution in [1.82, 2.24) is 24.9 Å². The molecule has 7 nitrogen and oxygen atoms in total. The first-order valence-corrected chi connectivity index (χ1v) is 10.3. The van der Waals surface area contributed by atoms with Gasteiger partial charge in [-0.3, -0.25) is 4.79 Å². The number of carbonyl (C=O) groups excluding carboxylic acids is 1. The van der Waals surface area contributed by atoms with Crippen LogP contribution in [0.2, 0.25) is 0 Å². The third-order valence-corrected chi connectivity index (χ3v) is 5.43. The lowest BCUT2D eigenvalue weighted by atomic mass is 10.1. The van der Waals surface area contributed by atoms with Gasteiger partial charge in [-0.05, 0) is 37.1 Å². The fraction of sp³-hybridized carbons (Fsp3) is 0.238. The van der Waals surface area contributed by atoms with Crippen LogP contribution in [0, 0.1) is 6.92 Å². The molecule has 0 unspecified atom stereocenters. The molecule has 0 aliphatic carbocycles. The first-order chi connectivity index (χ1) is 14.2. The smallest absolute Gasteiger partial charge is 0.230 e. The van der Waals surface area contributed by atoms with E-state index in [-0.39, 0.29) is 11.7 Å². The first-order valence-electron chi connectivity index (χ1n) is 9.29. The van der Waals surface area contributed by atoms with Crippen LogP contribution in [0.25, 0.3) is 16.6 Å². The van der Waals surface area contributed by atoms with Crippen molar-refractivity contribution in [2.24, 2.45) is 0 Å². The molecular formula is C21H21N5O2S. The Balaban J connectivity index is 1.42. The van der Waals surface area contributed by atoms with Gasteiger partial charge >= 0.3 is 0 Å². The Kier molecular flexibility index (Phi) is 5.62. The van der Waals surface area contributed by atoms with Crippen molar-refractivity contribution in [3.05, 3.63) is 59.9 Å². The van der Waals surface area contributed by atoms with E-state index in [4.69, 9.17) is 4.74 Å². The summed E-state index contributed by atoms with van der Waals surface area (Å²) in [5.41, 5.74) is 2.66. The third kappa shape index (κ3) is 4.17. The van der Waals surface area contributed by atoms with Crippen molar-refractivity contribution in [3.63, 3.8) is 0 Å². The van der Waals surface area contributed by atoms with Gasteiger partial charge in [-0.25, -0.2) is 9.97 Å². The van der Waals surface area contributed by atoms with Gasteiger partial charge in [0.2, 0.25) is 5.91 Å². The van der Waals surface area contributed by atoms with Crippen LogP contribution in [-0.2, 0) is 11.2 Å². The van der Waals surface area contributed by atoms with Crippen LogP contribution in [0.3, 0.4) is 0 Å². The summed E-state index contributed by atoms with van der Waals surface area (Å²) >= 11 is 1.35. The maximum atomic E-state index is 12.3. The van der Waals surface area contributed by atoms with Gasteiger partial charge in [0.05, 0.1) is 18.4 Å². The minimum Gasteiger partial charge on any atom is -0.496 e. The summed E-state index contributed by atoms with van der Waals surface area (Å²) in [7, 11) is 1.65. The molecule has 8 heteroatoms. The second-order valence-electron chi connectivity index (χ2n) is 6.51. The first kappa shape index (κ1) is 19.2. The number of para-hydroxylation sites is 2. The lowest BCUT2D eigenvalue weighted by molar-refractivity contribution is -0.118. The quantitative estimate of drug-likeness (QED) is 0.375. The predicted octanol–water partition coefficient (Wildman–Crippen LogP) is 3.05. The maximum Gasteiger partial charge on any atom is 0.230 e. The minimum absolute atomic E-state index is 0.0511. The topological polar surface area (TPSA) is 81.4 Å². The summed E-state index contributed by atoms with van der Waals surface area (Å²) in [5, 5.41) is 8.99. The van der Waals surface area contributed by atoms with E-state index < -0.39 is 0 Å². The molecule has 0 fully saturated rings. The number of aryl methyl sites for hydroxylation is 1. The van der Waals surface area contributed by atoms with Gasteiger partial charge in [0.25, 0.3) is 0 Å². The fourth-order valence-electron chi connectivity index (χ4n) is 3.15. The normalized spacial score (nSPS) is 11.1. The molecule has 4 rings (SSSR count). The molecule has 148 valence electrons. The Morgan fingerprint density at radius 1 is 1.14 bits per heavy atom. The summed E-state index contributed by atoms with van der Waals surface area (Å²) in [4.78, 5) is 21.5. The number of aromatic nitrogens is 4. The molecule has 0 saturated heterocycles. The highest BCUT2D eigenvalue weighted by Gasteiger charge is 2.13. The van der Waals surface area contributed by atoms with E-state index in [9.17, 15) is 4.79 Å². The van der Waals surface area contributed by atoms with Crippen molar-refractivity contribution in [3.8, 4) is 5.75 Å². The Bertz CT molecular complexity index is 1170. The zero-order valence-electron chi connectivity index (χ0n) is 16.3. The Morgan fingerprint density at radius 3 is 2.79 bits per heavy atom. The van der Waals surface area contributed by atoms with Crippen molar-refractivity contribution in [1.29, 1.82) is 0 Å². The van der Waals surface area contributed by atoms with Gasteiger partial charge in [0.15, 0.2) is 10.8 Å². The molecule has 2 aromatic carbocycles. The van der Waals surface area contributed by atoms with E-state index in [2.05, 4.69) is 20.4 Å². The molecule has 1 N–H and O–H groups in total. The number of nitrogens with zero attached hydrogens (tertiary/aromatic N) is 4. The second kappa shape index (κ2) is 8.48. The van der Waals surface area contributed by atoms with Crippen molar-refractivity contribution < 1.29 is 9.53 Å². The third-order valence-electron chi connectivity index (χ3n) is 4.50. The molecule has 2 aromatic heterocycles. The lowest BCUT2D eigenvalue weighted by Gasteiger charge is -2.09. The molecule has 1 amide bonds. The van der Waals surface area contributed by atoms with Gasteiger partial charge in [-0.2, -0.15) is 4.52 Å². The molecule has 0 spiro atoms. The molecule has 0 bridgehead atoms. The Hall–Kier alpha value is -3.13. The van der Waals surface area contributed by atoms with E-state index in [1.807, 2.05) is 55.5 Å². The molecule has 0 saturated carbocycles. The predicted molar refractivity (Wildman–Crippen MR) is 113 cm³/mol. The number of methoxy groups -OCH3 is 1. The van der Waals surface area contributed by atoms with Gasteiger partial charge in [-0.1, -0.05) is 42.1 Å². The fourth-order valence-corrected chi connectivity index (χ4v) is 3.93. The number of benzene rings is 2. The summed E-state index contributed by atoms with van der Waals surface area (Å²) < 4.78 is 7.06. The number of thioether (sulfide) groups is 1. The van der Waals surface area contributed by atoms with Crippen molar-refractivity contribution >= 4 is 34.2 Å². The molecule has 29 heavy (non-hydrogen) atoms. The second-order valence-corrected chi connectivity index (χ2v) is 7.45. The van der Waals surface area contributed by atoms with Gasteiger partial charge in [-0.15, -0.1) is 5.10 Å². The van der Waals surface area contributed by atoms with E-state index in [1.54, 1.807) is 11.6 Å². The number of carbonyl (C=O) groups is 1. The number of hydrogen-bond donors (Lipinski definition) is 1. The number of hydrogen-bond acceptors (Lipinski definition) is 6. The highest BCUT2D eigenvalue weighted by atomic mass is 32.2. The monoisotopic (exact) mass is 407 g/mol. The van der Waals surface area contributed by atoms with E-state index in [1.165, 1.54) is 11.8 Å². The van der Waals surface area contributed by atoms with E-state index >= 15 is 0 Å². The Labute approximate surface area is 172 Å². The van der Waals surface area contributed by atoms with Crippen LogP contribution in [0.1, 0.15) is 11.4 Å². The van der Waals surface area contributed by atoms with Crippen molar-refractivity contribution in [2.45, 2.75) is 18.5 Å². The van der Waals surface area contributed by atoms with Gasteiger partial charge in [0.1, 0.15) is 11.6 Å². The summed E-state index contributed by atoms with van der Waals surface area (Å²) in [6, 6.07) is 15.6. The molecule has 0 aliphatic heterocycles. The maximum absolute atomic E-state index is 12.3. The number of ether oxygens (including phenoxy) is 1. The SMILES string of the molecule is COc1ccccc1CCNC(=O)CSc1nc2ccccc2c2nc(C)nn12. The average Bonchev–Trinajstić information content (AvgIpc) is 3.14. The number of fused-ring (bicyclic) bond motifs is 3. The highest BCUT2D eigenvalue weighted by molar-refractivity contribution is 7.99. The Morgan fingerprint density at radius 2 is 1.93 bits per heavy atom. The largest absolute Gasteiger partial charge is 0.496 e. The molecule has 2 heterocycles. The van der Waals surface area contributed by atoms with Gasteiger partial charge < -0.3 is 10.1 Å².